The van der Waals surface area contributed by atoms with Gasteiger partial charge in [-0.1, -0.05) is 13.0 Å². The maximum Gasteiger partial charge on any atom is 0.253 e. The topological polar surface area (TPSA) is 55.1 Å². The van der Waals surface area contributed by atoms with Crippen molar-refractivity contribution < 1.29 is 4.79 Å². The van der Waals surface area contributed by atoms with Crippen LogP contribution in [0.5, 0.6) is 0 Å². The molecular weight excluding hydrogens is 200 g/mol. The van der Waals surface area contributed by atoms with Crippen LogP contribution < -0.4 is 11.1 Å². The Labute approximate surface area is 96.0 Å². The number of nitrogen functional groups attached to an aromatic ring is 1. The molecule has 3 heteroatoms. The van der Waals surface area contributed by atoms with Crippen LogP contribution in [0.1, 0.15) is 35.7 Å². The summed E-state index contributed by atoms with van der Waals surface area (Å²) in [5.41, 5.74) is 8.35. The first kappa shape index (κ1) is 11.0. The van der Waals surface area contributed by atoms with Gasteiger partial charge in [0.2, 0.25) is 0 Å². The summed E-state index contributed by atoms with van der Waals surface area (Å²) in [6.07, 6.45) is 2.41. The van der Waals surface area contributed by atoms with Gasteiger partial charge in [-0.2, -0.15) is 0 Å². The van der Waals surface area contributed by atoms with Gasteiger partial charge in [-0.05, 0) is 42.9 Å². The summed E-state index contributed by atoms with van der Waals surface area (Å²) in [5.74, 6) is -0.0642. The number of carbonyl (C=O) groups is 1. The Kier molecular flexibility index (Phi) is 2.62. The number of rotatable bonds is 3. The Morgan fingerprint density at radius 2 is 2.19 bits per heavy atom. The van der Waals surface area contributed by atoms with Crippen LogP contribution in [0, 0.1) is 12.3 Å². The molecule has 1 aromatic rings. The van der Waals surface area contributed by atoms with Gasteiger partial charge >= 0.3 is 0 Å². The highest BCUT2D eigenvalue weighted by molar-refractivity contribution is 5.99. The lowest BCUT2D eigenvalue weighted by molar-refractivity contribution is 0.0947. The van der Waals surface area contributed by atoms with Crippen LogP contribution in [0.4, 0.5) is 5.69 Å². The number of aryl methyl sites for hydroxylation is 1. The molecule has 0 unspecified atom stereocenters. The zero-order chi connectivity index (χ0) is 11.8. The number of amides is 1. The molecule has 3 nitrogen and oxygen atoms in total. The predicted octanol–water partition coefficient (Wildman–Crippen LogP) is 2.11. The summed E-state index contributed by atoms with van der Waals surface area (Å²) < 4.78 is 0. The molecular formula is C13H18N2O. The standard InChI is InChI=1S/C13H18N2O/c1-9-3-4-10(11(14)7-9)12(16)15-8-13(2)5-6-13/h3-4,7H,5-6,8,14H2,1-2H3,(H,15,16). The van der Waals surface area contributed by atoms with Crippen molar-refractivity contribution in [3.8, 4) is 0 Å². The number of hydrogen-bond donors (Lipinski definition) is 2. The Bertz CT molecular complexity index is 422. The lowest BCUT2D eigenvalue weighted by Crippen LogP contribution is -2.29. The Balaban J connectivity index is 2.02. The quantitative estimate of drug-likeness (QED) is 0.763. The van der Waals surface area contributed by atoms with Crippen molar-refractivity contribution in [2.45, 2.75) is 26.7 Å². The average Bonchev–Trinajstić information content (AvgIpc) is 2.94. The number of nitrogens with two attached hydrogens (primary N) is 1. The summed E-state index contributed by atoms with van der Waals surface area (Å²) in [4.78, 5) is 11.9. The van der Waals surface area contributed by atoms with Gasteiger partial charge in [-0.15, -0.1) is 0 Å². The van der Waals surface area contributed by atoms with E-state index in [1.807, 2.05) is 19.1 Å². The Morgan fingerprint density at radius 3 is 2.75 bits per heavy atom. The maximum absolute atomic E-state index is 11.9. The highest BCUT2D eigenvalue weighted by atomic mass is 16.1. The molecule has 2 rings (SSSR count). The molecule has 0 bridgehead atoms. The van der Waals surface area contributed by atoms with Crippen molar-refractivity contribution in [3.05, 3.63) is 29.3 Å². The van der Waals surface area contributed by atoms with Gasteiger partial charge in [-0.3, -0.25) is 4.79 Å². The molecule has 0 heterocycles. The van der Waals surface area contributed by atoms with Gasteiger partial charge in [0.05, 0.1) is 5.56 Å². The second-order valence-corrected chi connectivity index (χ2v) is 5.08. The molecule has 0 atom stereocenters. The SMILES string of the molecule is Cc1ccc(C(=O)NCC2(C)CC2)c(N)c1. The fourth-order valence-electron chi connectivity index (χ4n) is 1.67. The predicted molar refractivity (Wildman–Crippen MR) is 65.3 cm³/mol. The summed E-state index contributed by atoms with van der Waals surface area (Å²) in [6.45, 7) is 4.90. The lowest BCUT2D eigenvalue weighted by Gasteiger charge is -2.11. The van der Waals surface area contributed by atoms with Crippen LogP contribution in [0.3, 0.4) is 0 Å². The molecule has 0 aromatic heterocycles. The van der Waals surface area contributed by atoms with Crippen molar-refractivity contribution in [2.24, 2.45) is 5.41 Å². The number of nitrogens with one attached hydrogen (secondary N) is 1. The van der Waals surface area contributed by atoms with E-state index in [4.69, 9.17) is 5.73 Å². The summed E-state index contributed by atoms with van der Waals surface area (Å²) in [5, 5.41) is 2.94. The minimum Gasteiger partial charge on any atom is -0.398 e. The van der Waals surface area contributed by atoms with Gasteiger partial charge in [0.1, 0.15) is 0 Å². The van der Waals surface area contributed by atoms with E-state index in [2.05, 4.69) is 12.2 Å². The molecule has 3 N–H and O–H groups in total. The highest BCUT2D eigenvalue weighted by Crippen LogP contribution is 2.44. The van der Waals surface area contributed by atoms with Crippen molar-refractivity contribution in [3.63, 3.8) is 0 Å². The molecule has 0 saturated heterocycles. The molecule has 1 aliphatic carbocycles. The van der Waals surface area contributed by atoms with Crippen LogP contribution in [-0.4, -0.2) is 12.5 Å². The van der Waals surface area contributed by atoms with Gasteiger partial charge in [0, 0.05) is 12.2 Å². The number of carbonyl (C=O) groups excluding carboxylic acids is 1. The van der Waals surface area contributed by atoms with E-state index in [9.17, 15) is 4.79 Å². The molecule has 0 spiro atoms. The van der Waals surface area contributed by atoms with E-state index in [1.54, 1.807) is 6.07 Å². The summed E-state index contributed by atoms with van der Waals surface area (Å²) in [7, 11) is 0. The third kappa shape index (κ3) is 2.35. The van der Waals surface area contributed by atoms with E-state index >= 15 is 0 Å². The monoisotopic (exact) mass is 218 g/mol. The first-order valence-electron chi connectivity index (χ1n) is 5.65. The summed E-state index contributed by atoms with van der Waals surface area (Å²) >= 11 is 0. The molecule has 1 amide bonds. The largest absolute Gasteiger partial charge is 0.398 e. The lowest BCUT2D eigenvalue weighted by atomic mass is 10.1. The van der Waals surface area contributed by atoms with Gasteiger partial charge in [0.15, 0.2) is 0 Å². The Hall–Kier alpha value is -1.51. The second kappa shape index (κ2) is 3.81. The first-order chi connectivity index (χ1) is 7.50. The molecule has 16 heavy (non-hydrogen) atoms. The van der Waals surface area contributed by atoms with Gasteiger partial charge in [0.25, 0.3) is 5.91 Å². The van der Waals surface area contributed by atoms with E-state index in [0.717, 1.165) is 12.1 Å². The zero-order valence-corrected chi connectivity index (χ0v) is 9.84. The molecule has 1 fully saturated rings. The number of benzene rings is 1. The van der Waals surface area contributed by atoms with Crippen LogP contribution in [-0.2, 0) is 0 Å². The zero-order valence-electron chi connectivity index (χ0n) is 9.84. The van der Waals surface area contributed by atoms with Crippen molar-refractivity contribution in [1.29, 1.82) is 0 Å². The molecule has 0 aliphatic heterocycles. The molecule has 1 saturated carbocycles. The van der Waals surface area contributed by atoms with Crippen molar-refractivity contribution >= 4 is 11.6 Å². The van der Waals surface area contributed by atoms with Crippen LogP contribution >= 0.6 is 0 Å². The summed E-state index contributed by atoms with van der Waals surface area (Å²) in [6, 6.07) is 5.52. The average molecular weight is 218 g/mol. The molecule has 1 aromatic carbocycles. The van der Waals surface area contributed by atoms with Crippen LogP contribution in [0.25, 0.3) is 0 Å². The molecule has 0 radical (unpaired) electrons. The van der Waals surface area contributed by atoms with Gasteiger partial charge in [-0.25, -0.2) is 0 Å². The third-order valence-electron chi connectivity index (χ3n) is 3.23. The van der Waals surface area contributed by atoms with Crippen molar-refractivity contribution in [2.75, 3.05) is 12.3 Å². The maximum atomic E-state index is 11.9. The van der Waals surface area contributed by atoms with Crippen LogP contribution in [0.2, 0.25) is 0 Å². The van der Waals surface area contributed by atoms with E-state index in [0.29, 0.717) is 16.7 Å². The number of hydrogen-bond acceptors (Lipinski definition) is 2. The smallest absolute Gasteiger partial charge is 0.253 e. The minimum atomic E-state index is -0.0642. The highest BCUT2D eigenvalue weighted by Gasteiger charge is 2.37. The third-order valence-corrected chi connectivity index (χ3v) is 3.23. The minimum absolute atomic E-state index is 0.0642. The van der Waals surface area contributed by atoms with Crippen LogP contribution in [0.15, 0.2) is 18.2 Å². The Morgan fingerprint density at radius 1 is 1.50 bits per heavy atom. The van der Waals surface area contributed by atoms with Gasteiger partial charge < -0.3 is 11.1 Å². The normalized spacial score (nSPS) is 16.9. The fourth-order valence-corrected chi connectivity index (χ4v) is 1.67. The van der Waals surface area contributed by atoms with E-state index < -0.39 is 0 Å². The second-order valence-electron chi connectivity index (χ2n) is 5.08. The first-order valence-corrected chi connectivity index (χ1v) is 5.65. The fraction of sp³-hybridized carbons (Fsp3) is 0.462. The molecule has 86 valence electrons. The molecule has 1 aliphatic rings. The number of anilines is 1. The van der Waals surface area contributed by atoms with E-state index in [1.165, 1.54) is 12.8 Å². The van der Waals surface area contributed by atoms with E-state index in [-0.39, 0.29) is 5.91 Å². The van der Waals surface area contributed by atoms with Crippen molar-refractivity contribution in [1.82, 2.24) is 5.32 Å².